The highest BCUT2D eigenvalue weighted by molar-refractivity contribution is 6.08. The van der Waals surface area contributed by atoms with Gasteiger partial charge >= 0.3 is 0 Å². The summed E-state index contributed by atoms with van der Waals surface area (Å²) < 4.78 is 13.4. The molecule has 0 aliphatic rings. The zero-order valence-electron chi connectivity index (χ0n) is 12.4. The van der Waals surface area contributed by atoms with Crippen molar-refractivity contribution < 1.29 is 9.18 Å². The van der Waals surface area contributed by atoms with Crippen LogP contribution in [0.1, 0.15) is 22.8 Å². The molecule has 2 aromatic rings. The molecule has 0 bridgehead atoms. The molecule has 1 aromatic heterocycles. The van der Waals surface area contributed by atoms with Crippen molar-refractivity contribution in [1.82, 2.24) is 4.98 Å². The lowest BCUT2D eigenvalue weighted by Gasteiger charge is -2.19. The first-order valence-electron chi connectivity index (χ1n) is 6.77. The van der Waals surface area contributed by atoms with Gasteiger partial charge in [-0.15, -0.1) is 0 Å². The van der Waals surface area contributed by atoms with Gasteiger partial charge in [0.15, 0.2) is 0 Å². The zero-order chi connectivity index (χ0) is 15.4. The van der Waals surface area contributed by atoms with Crippen LogP contribution in [-0.2, 0) is 0 Å². The molecule has 0 radical (unpaired) electrons. The summed E-state index contributed by atoms with van der Waals surface area (Å²) in [6.07, 6.45) is 1.10. The molecule has 1 heterocycles. The third-order valence-electron chi connectivity index (χ3n) is 3.15. The number of pyridine rings is 1. The highest BCUT2D eigenvalue weighted by atomic mass is 19.1. The molecule has 0 aliphatic carbocycles. The second-order valence-electron chi connectivity index (χ2n) is 4.78. The maximum absolute atomic E-state index is 13.4. The number of halogens is 1. The van der Waals surface area contributed by atoms with Gasteiger partial charge in [0.25, 0.3) is 5.91 Å². The number of rotatable bonds is 4. The number of nitrogens with zero attached hydrogens (tertiary/aromatic N) is 2. The largest absolute Gasteiger partial charge is 0.370 e. The van der Waals surface area contributed by atoms with E-state index in [0.29, 0.717) is 12.4 Å². The Balaban J connectivity index is 2.34. The van der Waals surface area contributed by atoms with Crippen LogP contribution in [-0.4, -0.2) is 24.5 Å². The number of carbonyl (C=O) groups excluding carboxylic acids is 1. The molecule has 2 rings (SSSR count). The fourth-order valence-corrected chi connectivity index (χ4v) is 1.98. The van der Waals surface area contributed by atoms with E-state index in [-0.39, 0.29) is 11.5 Å². The van der Waals surface area contributed by atoms with Crippen molar-refractivity contribution in [3.63, 3.8) is 0 Å². The number of nitrogens with one attached hydrogen (secondary N) is 1. The summed E-state index contributed by atoms with van der Waals surface area (Å²) in [5, 5.41) is 2.97. The highest BCUT2D eigenvalue weighted by Crippen LogP contribution is 2.20. The van der Waals surface area contributed by atoms with Gasteiger partial charge in [0.1, 0.15) is 11.6 Å². The van der Waals surface area contributed by atoms with Gasteiger partial charge in [0.2, 0.25) is 0 Å². The molecule has 0 unspecified atom stereocenters. The number of aromatic nitrogens is 1. The minimum atomic E-state index is -0.530. The molecule has 4 nitrogen and oxygen atoms in total. The number of hydrogen-bond acceptors (Lipinski definition) is 3. The van der Waals surface area contributed by atoms with Gasteiger partial charge in [-0.1, -0.05) is 17.7 Å². The summed E-state index contributed by atoms with van der Waals surface area (Å²) in [5.41, 5.74) is 2.08. The molecule has 110 valence electrons. The molecule has 1 amide bonds. The third-order valence-corrected chi connectivity index (χ3v) is 3.15. The minimum Gasteiger partial charge on any atom is -0.370 e. The van der Waals surface area contributed by atoms with Gasteiger partial charge in [-0.05, 0) is 32.0 Å². The van der Waals surface area contributed by atoms with Gasteiger partial charge in [-0.2, -0.15) is 0 Å². The average Bonchev–Trinajstić information content (AvgIpc) is 2.48. The zero-order valence-corrected chi connectivity index (χ0v) is 12.4. The smallest absolute Gasteiger partial charge is 0.261 e. The van der Waals surface area contributed by atoms with Crippen molar-refractivity contribution in [3.05, 3.63) is 53.5 Å². The second-order valence-corrected chi connectivity index (χ2v) is 4.78. The number of carbonyl (C=O) groups is 1. The van der Waals surface area contributed by atoms with E-state index in [2.05, 4.69) is 10.3 Å². The first kappa shape index (κ1) is 15.0. The lowest BCUT2D eigenvalue weighted by molar-refractivity contribution is 0.0993. The van der Waals surface area contributed by atoms with Crippen LogP contribution in [0.5, 0.6) is 0 Å². The molecule has 1 N–H and O–H groups in total. The Bertz CT molecular complexity index is 640. The van der Waals surface area contributed by atoms with Gasteiger partial charge < -0.3 is 10.2 Å². The van der Waals surface area contributed by atoms with E-state index in [1.165, 1.54) is 11.0 Å². The Morgan fingerprint density at radius 2 is 2.00 bits per heavy atom. The van der Waals surface area contributed by atoms with Crippen LogP contribution in [0, 0.1) is 12.7 Å². The monoisotopic (exact) mass is 287 g/mol. The van der Waals surface area contributed by atoms with Gasteiger partial charge in [-0.3, -0.25) is 4.79 Å². The maximum Gasteiger partial charge on any atom is 0.261 e. The number of anilines is 2. The molecule has 1 aromatic carbocycles. The van der Waals surface area contributed by atoms with Crippen LogP contribution in [0.25, 0.3) is 0 Å². The quantitative estimate of drug-likeness (QED) is 0.939. The molecule has 0 atom stereocenters. The molecule has 5 heteroatoms. The highest BCUT2D eigenvalue weighted by Gasteiger charge is 2.19. The predicted octanol–water partition coefficient (Wildman–Crippen LogP) is 3.24. The molecule has 21 heavy (non-hydrogen) atoms. The van der Waals surface area contributed by atoms with E-state index in [1.54, 1.807) is 7.05 Å². The molecular weight excluding hydrogens is 269 g/mol. The Kier molecular flexibility index (Phi) is 4.52. The molecule has 0 saturated heterocycles. The first-order chi connectivity index (χ1) is 10.0. The molecular formula is C16H18FN3O. The van der Waals surface area contributed by atoms with Gasteiger partial charge in [0.05, 0.1) is 11.8 Å². The van der Waals surface area contributed by atoms with E-state index < -0.39 is 5.82 Å². The number of benzene rings is 1. The average molecular weight is 287 g/mol. The van der Waals surface area contributed by atoms with Crippen LogP contribution >= 0.6 is 0 Å². The molecule has 0 saturated carbocycles. The fraction of sp³-hybridized carbons (Fsp3) is 0.250. The number of amides is 1. The Labute approximate surface area is 123 Å². The topological polar surface area (TPSA) is 45.2 Å². The van der Waals surface area contributed by atoms with E-state index in [4.69, 9.17) is 0 Å². The van der Waals surface area contributed by atoms with Crippen molar-refractivity contribution >= 4 is 17.4 Å². The van der Waals surface area contributed by atoms with Crippen LogP contribution in [0.3, 0.4) is 0 Å². The number of hydrogen-bond donors (Lipinski definition) is 1. The summed E-state index contributed by atoms with van der Waals surface area (Å²) in [4.78, 5) is 18.0. The van der Waals surface area contributed by atoms with E-state index in [0.717, 1.165) is 17.4 Å². The van der Waals surface area contributed by atoms with Crippen LogP contribution < -0.4 is 10.2 Å². The van der Waals surface area contributed by atoms with Crippen molar-refractivity contribution in [2.24, 2.45) is 0 Å². The summed E-state index contributed by atoms with van der Waals surface area (Å²) in [6, 6.07) is 8.76. The summed E-state index contributed by atoms with van der Waals surface area (Å²) in [6.45, 7) is 4.47. The third kappa shape index (κ3) is 3.37. The minimum absolute atomic E-state index is 0.222. The lowest BCUT2D eigenvalue weighted by atomic mass is 10.2. The van der Waals surface area contributed by atoms with Crippen molar-refractivity contribution in [2.75, 3.05) is 23.8 Å². The summed E-state index contributed by atoms with van der Waals surface area (Å²) >= 11 is 0. The van der Waals surface area contributed by atoms with E-state index >= 15 is 0 Å². The van der Waals surface area contributed by atoms with Crippen molar-refractivity contribution in [2.45, 2.75) is 13.8 Å². The lowest BCUT2D eigenvalue weighted by Crippen LogP contribution is -2.27. The van der Waals surface area contributed by atoms with E-state index in [1.807, 2.05) is 38.1 Å². The number of aryl methyl sites for hydroxylation is 1. The van der Waals surface area contributed by atoms with E-state index in [9.17, 15) is 9.18 Å². The van der Waals surface area contributed by atoms with Crippen LogP contribution in [0.4, 0.5) is 15.9 Å². The molecule has 0 aliphatic heterocycles. The van der Waals surface area contributed by atoms with Gasteiger partial charge in [0, 0.05) is 19.3 Å². The standard InChI is InChI=1S/C16H18FN3O/c1-4-18-15-14(9-12(17)10-19-15)16(21)20(3)13-7-5-11(2)6-8-13/h5-10H,4H2,1-3H3,(H,18,19). The maximum atomic E-state index is 13.4. The second kappa shape index (κ2) is 6.35. The SMILES string of the molecule is CCNc1ncc(F)cc1C(=O)N(C)c1ccc(C)cc1. The summed E-state index contributed by atoms with van der Waals surface area (Å²) in [5.74, 6) is -0.443. The normalized spacial score (nSPS) is 10.3. The Hall–Kier alpha value is -2.43. The van der Waals surface area contributed by atoms with Crippen molar-refractivity contribution in [1.29, 1.82) is 0 Å². The van der Waals surface area contributed by atoms with Gasteiger partial charge in [-0.25, -0.2) is 9.37 Å². The fourth-order valence-electron chi connectivity index (χ4n) is 1.98. The predicted molar refractivity (Wildman–Crippen MR) is 82.3 cm³/mol. The van der Waals surface area contributed by atoms with Crippen LogP contribution in [0.15, 0.2) is 36.5 Å². The molecule has 0 spiro atoms. The summed E-state index contributed by atoms with van der Waals surface area (Å²) in [7, 11) is 1.66. The Morgan fingerprint density at radius 1 is 1.33 bits per heavy atom. The van der Waals surface area contributed by atoms with Crippen molar-refractivity contribution in [3.8, 4) is 0 Å². The molecule has 0 fully saturated rings. The van der Waals surface area contributed by atoms with Crippen LogP contribution in [0.2, 0.25) is 0 Å². The Morgan fingerprint density at radius 3 is 2.62 bits per heavy atom. The first-order valence-corrected chi connectivity index (χ1v) is 6.77.